The summed E-state index contributed by atoms with van der Waals surface area (Å²) in [5, 5.41) is 2.71. The first kappa shape index (κ1) is 29.0. The molecule has 13 nitrogen and oxygen atoms in total. The molecule has 1 unspecified atom stereocenters. The van der Waals surface area contributed by atoms with E-state index >= 15 is 0 Å². The number of hydrogen-bond donors (Lipinski definition) is 4. The molecule has 7 N–H and O–H groups in total. The van der Waals surface area contributed by atoms with Gasteiger partial charge in [0.1, 0.15) is 12.7 Å². The van der Waals surface area contributed by atoms with Crippen LogP contribution in [0, 0.1) is 5.92 Å². The molecule has 1 fully saturated rings. The predicted molar refractivity (Wildman–Crippen MR) is 130 cm³/mol. The minimum atomic E-state index is -1.11. The fraction of sp³-hybridized carbons (Fsp3) is 0.739. The lowest BCUT2D eigenvalue weighted by Crippen LogP contribution is -2.52. The standard InChI is InChI=1S/C23H39N5O8/c1-14-15(28-21(25)26)12-16(20(29)32-2)34-18(14)19(17-13-33-23(31)35-17)36-22(30)27-11-9-7-5-3-4-6-8-10-24/h12,14-15,17-19H,3-11,13,24H2,1-2H3,(H,27,30)(H4,25,26,28)/t14-,15+,17-,18?,19-/m1/s1. The second-order valence-corrected chi connectivity index (χ2v) is 8.79. The largest absolute Gasteiger partial charge is 0.508 e. The van der Waals surface area contributed by atoms with Gasteiger partial charge in [-0.05, 0) is 25.5 Å². The molecule has 2 aliphatic heterocycles. The van der Waals surface area contributed by atoms with Crippen molar-refractivity contribution in [1.29, 1.82) is 0 Å². The smallest absolute Gasteiger partial charge is 0.479 e. The Morgan fingerprint density at radius 3 is 2.39 bits per heavy atom. The van der Waals surface area contributed by atoms with Gasteiger partial charge in [-0.15, -0.1) is 0 Å². The molecule has 0 aromatic heterocycles. The lowest BCUT2D eigenvalue weighted by molar-refractivity contribution is -0.147. The second-order valence-electron chi connectivity index (χ2n) is 8.79. The maximum atomic E-state index is 12.6. The summed E-state index contributed by atoms with van der Waals surface area (Å²) in [4.78, 5) is 40.6. The van der Waals surface area contributed by atoms with E-state index in [4.69, 9.17) is 40.9 Å². The molecule has 0 aromatic carbocycles. The monoisotopic (exact) mass is 513 g/mol. The normalized spacial score (nSPS) is 23.9. The first-order chi connectivity index (χ1) is 17.3. The number of methoxy groups -OCH3 is 1. The maximum Gasteiger partial charge on any atom is 0.508 e. The molecule has 1 saturated heterocycles. The molecule has 2 aliphatic rings. The lowest BCUT2D eigenvalue weighted by Gasteiger charge is -2.38. The number of nitrogens with zero attached hydrogens (tertiary/aromatic N) is 1. The molecule has 1 amide bonds. The molecule has 2 heterocycles. The van der Waals surface area contributed by atoms with Gasteiger partial charge in [0.2, 0.25) is 5.76 Å². The highest BCUT2D eigenvalue weighted by atomic mass is 16.8. The lowest BCUT2D eigenvalue weighted by atomic mass is 9.87. The Bertz CT molecular complexity index is 801. The SMILES string of the molecule is COC(=O)C1=C[C@H](N=C(N)N)[C@@H](C)C([C@H](OC(=O)NCCCCCCCCCN)[C@H]2COC(=O)O2)O1. The van der Waals surface area contributed by atoms with E-state index in [9.17, 15) is 14.4 Å². The van der Waals surface area contributed by atoms with Crippen molar-refractivity contribution >= 4 is 24.2 Å². The Hall–Kier alpha value is -3.22. The van der Waals surface area contributed by atoms with Crippen molar-refractivity contribution in [3.63, 3.8) is 0 Å². The van der Waals surface area contributed by atoms with Gasteiger partial charge in [-0.3, -0.25) is 0 Å². The Balaban J connectivity index is 2.02. The van der Waals surface area contributed by atoms with E-state index in [-0.39, 0.29) is 18.3 Å². The molecule has 36 heavy (non-hydrogen) atoms. The van der Waals surface area contributed by atoms with Crippen LogP contribution in [0.5, 0.6) is 0 Å². The van der Waals surface area contributed by atoms with Gasteiger partial charge in [0.25, 0.3) is 0 Å². The molecule has 204 valence electrons. The van der Waals surface area contributed by atoms with E-state index in [0.717, 1.165) is 51.5 Å². The van der Waals surface area contributed by atoms with Crippen LogP contribution in [0.4, 0.5) is 9.59 Å². The van der Waals surface area contributed by atoms with Crippen molar-refractivity contribution in [2.45, 2.75) is 76.2 Å². The van der Waals surface area contributed by atoms with Crippen molar-refractivity contribution in [3.8, 4) is 0 Å². The average Bonchev–Trinajstić information content (AvgIpc) is 3.28. The third-order valence-corrected chi connectivity index (χ3v) is 6.02. The van der Waals surface area contributed by atoms with E-state index in [0.29, 0.717) is 6.54 Å². The summed E-state index contributed by atoms with van der Waals surface area (Å²) in [6, 6.07) is -0.681. The molecular weight excluding hydrogens is 474 g/mol. The van der Waals surface area contributed by atoms with Crippen LogP contribution in [0.1, 0.15) is 51.9 Å². The third-order valence-electron chi connectivity index (χ3n) is 6.02. The molecule has 0 bridgehead atoms. The fourth-order valence-electron chi connectivity index (χ4n) is 4.07. The van der Waals surface area contributed by atoms with Crippen molar-refractivity contribution in [1.82, 2.24) is 5.32 Å². The van der Waals surface area contributed by atoms with Gasteiger partial charge in [-0.2, -0.15) is 0 Å². The number of amides is 1. The van der Waals surface area contributed by atoms with Crippen molar-refractivity contribution in [2.24, 2.45) is 28.1 Å². The number of nitrogens with one attached hydrogen (secondary N) is 1. The molecule has 2 rings (SSSR count). The molecule has 0 saturated carbocycles. The zero-order chi connectivity index (χ0) is 26.5. The first-order valence-electron chi connectivity index (χ1n) is 12.3. The summed E-state index contributed by atoms with van der Waals surface area (Å²) in [7, 11) is 1.20. The van der Waals surface area contributed by atoms with Gasteiger partial charge in [0.15, 0.2) is 18.2 Å². The highest BCUT2D eigenvalue weighted by molar-refractivity contribution is 5.86. The van der Waals surface area contributed by atoms with Crippen molar-refractivity contribution < 1.29 is 38.1 Å². The van der Waals surface area contributed by atoms with Gasteiger partial charge < -0.3 is 46.2 Å². The van der Waals surface area contributed by atoms with E-state index in [1.54, 1.807) is 6.92 Å². The maximum absolute atomic E-state index is 12.6. The number of guanidine groups is 1. The van der Waals surface area contributed by atoms with Crippen LogP contribution in [0.15, 0.2) is 16.8 Å². The average molecular weight is 514 g/mol. The van der Waals surface area contributed by atoms with E-state index in [2.05, 4.69) is 10.3 Å². The summed E-state index contributed by atoms with van der Waals surface area (Å²) in [6.45, 7) is 2.74. The van der Waals surface area contributed by atoms with Gasteiger partial charge >= 0.3 is 18.2 Å². The molecule has 13 heteroatoms. The van der Waals surface area contributed by atoms with Gasteiger partial charge in [0, 0.05) is 12.5 Å². The number of carbonyl (C=O) groups is 3. The van der Waals surface area contributed by atoms with Crippen molar-refractivity contribution in [2.75, 3.05) is 26.8 Å². The third kappa shape index (κ3) is 9.10. The molecule has 0 radical (unpaired) electrons. The van der Waals surface area contributed by atoms with Crippen LogP contribution in [-0.4, -0.2) is 75.3 Å². The summed E-state index contributed by atoms with van der Waals surface area (Å²) in [5.41, 5.74) is 16.6. The number of alkyl carbamates (subject to hydrolysis) is 1. The van der Waals surface area contributed by atoms with E-state index in [1.807, 2.05) is 0 Å². The number of hydrogen-bond acceptors (Lipinski definition) is 10. The fourth-order valence-corrected chi connectivity index (χ4v) is 4.07. The molecule has 5 atom stereocenters. The number of unbranched alkanes of at least 4 members (excludes halogenated alkanes) is 6. The number of aliphatic imine (C=N–C) groups is 1. The minimum absolute atomic E-state index is 0.152. The molecule has 0 aromatic rings. The Labute approximate surface area is 211 Å². The van der Waals surface area contributed by atoms with Crippen molar-refractivity contribution in [3.05, 3.63) is 11.8 Å². The topological polar surface area (TPSA) is 200 Å². The second kappa shape index (κ2) is 15.0. The van der Waals surface area contributed by atoms with Crippen LogP contribution in [0.25, 0.3) is 0 Å². The zero-order valence-electron chi connectivity index (χ0n) is 21.0. The van der Waals surface area contributed by atoms with Crippen LogP contribution < -0.4 is 22.5 Å². The highest BCUT2D eigenvalue weighted by Crippen LogP contribution is 2.32. The summed E-state index contributed by atoms with van der Waals surface area (Å²) in [5.74, 6) is -1.58. The minimum Gasteiger partial charge on any atom is -0.479 e. The van der Waals surface area contributed by atoms with Crippen LogP contribution >= 0.6 is 0 Å². The van der Waals surface area contributed by atoms with Crippen LogP contribution in [0.3, 0.4) is 0 Å². The van der Waals surface area contributed by atoms with Gasteiger partial charge in [-0.25, -0.2) is 19.4 Å². The number of esters is 1. The van der Waals surface area contributed by atoms with Gasteiger partial charge in [0.05, 0.1) is 13.2 Å². The number of carbonyl (C=O) groups excluding carboxylic acids is 3. The first-order valence-corrected chi connectivity index (χ1v) is 12.3. The number of nitrogens with two attached hydrogens (primary N) is 3. The summed E-state index contributed by atoms with van der Waals surface area (Å²) in [6.07, 6.45) is 4.09. The molecule has 0 aliphatic carbocycles. The summed E-state index contributed by atoms with van der Waals surface area (Å²) < 4.78 is 26.3. The Morgan fingerprint density at radius 2 is 1.81 bits per heavy atom. The zero-order valence-corrected chi connectivity index (χ0v) is 21.0. The van der Waals surface area contributed by atoms with Gasteiger partial charge in [-0.1, -0.05) is 39.0 Å². The molecule has 0 spiro atoms. The predicted octanol–water partition coefficient (Wildman–Crippen LogP) is 1.04. The van der Waals surface area contributed by atoms with Crippen LogP contribution in [0.2, 0.25) is 0 Å². The Morgan fingerprint density at radius 1 is 1.14 bits per heavy atom. The number of rotatable bonds is 14. The quantitative estimate of drug-likeness (QED) is 0.0850. The van der Waals surface area contributed by atoms with E-state index in [1.165, 1.54) is 13.2 Å². The van der Waals surface area contributed by atoms with Crippen LogP contribution in [-0.2, 0) is 28.5 Å². The highest BCUT2D eigenvalue weighted by Gasteiger charge is 2.48. The molecular formula is C23H39N5O8. The summed E-state index contributed by atoms with van der Waals surface area (Å²) >= 11 is 0. The Kier molecular flexibility index (Phi) is 12.1. The number of cyclic esters (lactones) is 2. The van der Waals surface area contributed by atoms with E-state index < -0.39 is 48.5 Å². The number of ether oxygens (including phenoxy) is 5.